The molecule has 1 amide bonds. The maximum atomic E-state index is 12.2. The van der Waals surface area contributed by atoms with Gasteiger partial charge < -0.3 is 5.32 Å². The van der Waals surface area contributed by atoms with Gasteiger partial charge in [0.1, 0.15) is 0 Å². The van der Waals surface area contributed by atoms with Crippen molar-refractivity contribution in [3.05, 3.63) is 46.2 Å². The third-order valence-electron chi connectivity index (χ3n) is 3.12. The summed E-state index contributed by atoms with van der Waals surface area (Å²) in [5, 5.41) is 10.5. The first-order valence-corrected chi connectivity index (χ1v) is 6.44. The van der Waals surface area contributed by atoms with E-state index in [1.54, 1.807) is 24.3 Å². The number of hydrogen-bond acceptors (Lipinski definition) is 2. The topological polar surface area (TPSA) is 57.8 Å². The van der Waals surface area contributed by atoms with Gasteiger partial charge in [-0.25, -0.2) is 0 Å². The van der Waals surface area contributed by atoms with Crippen LogP contribution in [0.25, 0.3) is 0 Å². The molecule has 1 aromatic heterocycles. The van der Waals surface area contributed by atoms with Gasteiger partial charge in [-0.2, -0.15) is 5.10 Å². The molecule has 0 bridgehead atoms. The van der Waals surface area contributed by atoms with E-state index in [1.807, 2.05) is 20.8 Å². The number of aromatic nitrogens is 2. The summed E-state index contributed by atoms with van der Waals surface area (Å²) in [6, 6.07) is 7.05. The van der Waals surface area contributed by atoms with Crippen LogP contribution in [-0.2, 0) is 4.79 Å². The van der Waals surface area contributed by atoms with Crippen LogP contribution >= 0.6 is 11.6 Å². The largest absolute Gasteiger partial charge is 0.326 e. The molecule has 0 saturated heterocycles. The zero-order chi connectivity index (χ0) is 14.0. The molecule has 0 spiro atoms. The Balaban J connectivity index is 2.14. The van der Waals surface area contributed by atoms with Crippen LogP contribution in [0.2, 0.25) is 5.02 Å². The van der Waals surface area contributed by atoms with E-state index in [0.29, 0.717) is 5.02 Å². The third kappa shape index (κ3) is 2.96. The van der Waals surface area contributed by atoms with E-state index in [4.69, 9.17) is 11.6 Å². The lowest BCUT2D eigenvalue weighted by atomic mass is 9.98. The molecule has 4 nitrogen and oxygen atoms in total. The van der Waals surface area contributed by atoms with Gasteiger partial charge in [0.15, 0.2) is 0 Å². The lowest BCUT2D eigenvalue weighted by Crippen LogP contribution is -2.19. The summed E-state index contributed by atoms with van der Waals surface area (Å²) < 4.78 is 0. The molecule has 0 radical (unpaired) electrons. The molecule has 5 heteroatoms. The fourth-order valence-electron chi connectivity index (χ4n) is 2.11. The molecule has 1 aromatic carbocycles. The molecule has 2 N–H and O–H groups in total. The van der Waals surface area contributed by atoms with E-state index in [0.717, 1.165) is 22.6 Å². The van der Waals surface area contributed by atoms with Crippen molar-refractivity contribution in [1.82, 2.24) is 10.2 Å². The van der Waals surface area contributed by atoms with Crippen LogP contribution in [0, 0.1) is 13.8 Å². The number of rotatable bonds is 3. The average molecular weight is 278 g/mol. The number of anilines is 1. The number of H-pyrrole nitrogens is 1. The second-order valence-corrected chi connectivity index (χ2v) is 5.00. The van der Waals surface area contributed by atoms with E-state index in [-0.39, 0.29) is 11.8 Å². The lowest BCUT2D eigenvalue weighted by Gasteiger charge is -2.12. The van der Waals surface area contributed by atoms with E-state index >= 15 is 0 Å². The Bertz CT molecular complexity index is 570. The summed E-state index contributed by atoms with van der Waals surface area (Å²) in [5.74, 6) is -0.315. The Kier molecular flexibility index (Phi) is 3.90. The van der Waals surface area contributed by atoms with Crippen molar-refractivity contribution < 1.29 is 4.79 Å². The molecule has 0 saturated carbocycles. The van der Waals surface area contributed by atoms with Crippen LogP contribution in [-0.4, -0.2) is 16.1 Å². The molecular formula is C14H16ClN3O. The second-order valence-electron chi connectivity index (χ2n) is 4.57. The van der Waals surface area contributed by atoms with E-state index in [9.17, 15) is 4.79 Å². The second kappa shape index (κ2) is 5.45. The number of carbonyl (C=O) groups is 1. The van der Waals surface area contributed by atoms with E-state index in [2.05, 4.69) is 15.5 Å². The molecular weight excluding hydrogens is 262 g/mol. The van der Waals surface area contributed by atoms with Gasteiger partial charge in [-0.1, -0.05) is 11.6 Å². The summed E-state index contributed by atoms with van der Waals surface area (Å²) in [6.07, 6.45) is 0. The molecule has 2 aromatic rings. The Morgan fingerprint density at radius 3 is 2.47 bits per heavy atom. The molecule has 1 heterocycles. The minimum Gasteiger partial charge on any atom is -0.326 e. The van der Waals surface area contributed by atoms with Gasteiger partial charge in [0.2, 0.25) is 5.91 Å². The maximum absolute atomic E-state index is 12.2. The van der Waals surface area contributed by atoms with Gasteiger partial charge in [0, 0.05) is 22.0 Å². The van der Waals surface area contributed by atoms with Gasteiger partial charge in [-0.15, -0.1) is 0 Å². The average Bonchev–Trinajstić information content (AvgIpc) is 2.71. The zero-order valence-electron chi connectivity index (χ0n) is 11.1. The number of benzene rings is 1. The van der Waals surface area contributed by atoms with E-state index < -0.39 is 0 Å². The van der Waals surface area contributed by atoms with Gasteiger partial charge in [-0.05, 0) is 45.0 Å². The molecule has 0 fully saturated rings. The van der Waals surface area contributed by atoms with Crippen LogP contribution in [0.4, 0.5) is 5.69 Å². The van der Waals surface area contributed by atoms with Crippen molar-refractivity contribution in [2.45, 2.75) is 26.7 Å². The van der Waals surface area contributed by atoms with Crippen LogP contribution in [0.1, 0.15) is 29.8 Å². The van der Waals surface area contributed by atoms with Gasteiger partial charge >= 0.3 is 0 Å². The molecule has 2 rings (SSSR count). The molecule has 0 aliphatic carbocycles. The zero-order valence-corrected chi connectivity index (χ0v) is 11.9. The van der Waals surface area contributed by atoms with Crippen molar-refractivity contribution in [3.63, 3.8) is 0 Å². The molecule has 100 valence electrons. The standard InChI is InChI=1S/C14H16ClN3O/c1-8(13-9(2)17-18-10(13)3)14(19)16-12-6-4-11(15)5-7-12/h4-8H,1-3H3,(H,16,19)(H,17,18). The minimum atomic E-state index is -0.255. The molecule has 19 heavy (non-hydrogen) atoms. The predicted octanol–water partition coefficient (Wildman–Crippen LogP) is 3.42. The smallest absolute Gasteiger partial charge is 0.231 e. The first-order valence-electron chi connectivity index (χ1n) is 6.07. The van der Waals surface area contributed by atoms with Crippen LogP contribution in [0.15, 0.2) is 24.3 Å². The number of halogens is 1. The van der Waals surface area contributed by atoms with Crippen LogP contribution in [0.5, 0.6) is 0 Å². The van der Waals surface area contributed by atoms with Crippen molar-refractivity contribution in [2.75, 3.05) is 5.32 Å². The minimum absolute atomic E-state index is 0.0603. The number of aromatic amines is 1. The summed E-state index contributed by atoms with van der Waals surface area (Å²) >= 11 is 5.81. The van der Waals surface area contributed by atoms with E-state index in [1.165, 1.54) is 0 Å². The Morgan fingerprint density at radius 1 is 1.32 bits per heavy atom. The van der Waals surface area contributed by atoms with Gasteiger partial charge in [0.05, 0.1) is 11.6 Å². The Hall–Kier alpha value is -1.81. The summed E-state index contributed by atoms with van der Waals surface area (Å²) in [4.78, 5) is 12.2. The van der Waals surface area contributed by atoms with Crippen molar-refractivity contribution in [2.24, 2.45) is 0 Å². The number of nitrogens with one attached hydrogen (secondary N) is 2. The number of nitrogens with zero attached hydrogens (tertiary/aromatic N) is 1. The molecule has 0 aliphatic rings. The summed E-state index contributed by atoms with van der Waals surface area (Å²) in [6.45, 7) is 5.68. The van der Waals surface area contributed by atoms with Crippen molar-refractivity contribution in [1.29, 1.82) is 0 Å². The first kappa shape index (κ1) is 13.6. The third-order valence-corrected chi connectivity index (χ3v) is 3.38. The van der Waals surface area contributed by atoms with Crippen LogP contribution < -0.4 is 5.32 Å². The summed E-state index contributed by atoms with van der Waals surface area (Å²) in [5.41, 5.74) is 3.47. The van der Waals surface area contributed by atoms with Gasteiger partial charge in [-0.3, -0.25) is 9.89 Å². The predicted molar refractivity (Wildman–Crippen MR) is 76.6 cm³/mol. The first-order chi connectivity index (χ1) is 8.99. The maximum Gasteiger partial charge on any atom is 0.231 e. The highest BCUT2D eigenvalue weighted by atomic mass is 35.5. The fourth-order valence-corrected chi connectivity index (χ4v) is 2.24. The Labute approximate surface area is 117 Å². The molecule has 1 atom stereocenters. The normalized spacial score (nSPS) is 12.2. The number of aryl methyl sites for hydroxylation is 2. The molecule has 0 aliphatic heterocycles. The SMILES string of the molecule is Cc1n[nH]c(C)c1C(C)C(=O)Nc1ccc(Cl)cc1. The highest BCUT2D eigenvalue weighted by molar-refractivity contribution is 6.30. The van der Waals surface area contributed by atoms with Crippen molar-refractivity contribution >= 4 is 23.2 Å². The summed E-state index contributed by atoms with van der Waals surface area (Å²) in [7, 11) is 0. The number of hydrogen-bond donors (Lipinski definition) is 2. The monoisotopic (exact) mass is 277 g/mol. The van der Waals surface area contributed by atoms with Crippen LogP contribution in [0.3, 0.4) is 0 Å². The quantitative estimate of drug-likeness (QED) is 0.903. The Morgan fingerprint density at radius 2 is 1.95 bits per heavy atom. The molecule has 1 unspecified atom stereocenters. The van der Waals surface area contributed by atoms with Gasteiger partial charge in [0.25, 0.3) is 0 Å². The number of amides is 1. The highest BCUT2D eigenvalue weighted by Crippen LogP contribution is 2.23. The lowest BCUT2D eigenvalue weighted by molar-refractivity contribution is -0.117. The fraction of sp³-hybridized carbons (Fsp3) is 0.286. The number of carbonyl (C=O) groups excluding carboxylic acids is 1. The highest BCUT2D eigenvalue weighted by Gasteiger charge is 2.21. The van der Waals surface area contributed by atoms with Crippen molar-refractivity contribution in [3.8, 4) is 0 Å².